The van der Waals surface area contributed by atoms with Crippen LogP contribution in [0.4, 0.5) is 13.2 Å². The highest BCUT2D eigenvalue weighted by molar-refractivity contribution is 5.56. The number of rotatable bonds is 2. The minimum absolute atomic E-state index is 0.0433. The molecule has 1 unspecified atom stereocenters. The van der Waals surface area contributed by atoms with Crippen molar-refractivity contribution >= 4 is 0 Å². The molecule has 2 aromatic rings. The minimum Gasteiger partial charge on any atom is -0.394 e. The van der Waals surface area contributed by atoms with Crippen LogP contribution in [0.5, 0.6) is 0 Å². The molecule has 112 valence electrons. The van der Waals surface area contributed by atoms with E-state index in [1.807, 2.05) is 0 Å². The molecule has 0 radical (unpaired) electrons. The zero-order valence-corrected chi connectivity index (χ0v) is 11.1. The second-order valence-electron chi connectivity index (χ2n) is 5.10. The van der Waals surface area contributed by atoms with Crippen LogP contribution in [-0.4, -0.2) is 26.5 Å². The van der Waals surface area contributed by atoms with E-state index in [9.17, 15) is 18.3 Å². The molecule has 3 rings (SSSR count). The molecular weight excluding hydrogens is 283 g/mol. The van der Waals surface area contributed by atoms with Crippen LogP contribution in [-0.2, 0) is 12.6 Å². The Hall–Kier alpha value is -1.89. The van der Waals surface area contributed by atoms with Crippen LogP contribution >= 0.6 is 0 Å². The molecule has 0 fully saturated rings. The van der Waals surface area contributed by atoms with Crippen molar-refractivity contribution in [2.45, 2.75) is 31.5 Å². The number of aromatic nitrogens is 3. The molecule has 4 nitrogen and oxygen atoms in total. The molecule has 21 heavy (non-hydrogen) atoms. The Morgan fingerprint density at radius 2 is 2.14 bits per heavy atom. The Morgan fingerprint density at radius 1 is 1.33 bits per heavy atom. The number of halogens is 3. The van der Waals surface area contributed by atoms with Crippen LogP contribution in [0.25, 0.3) is 11.4 Å². The zero-order valence-electron chi connectivity index (χ0n) is 11.1. The van der Waals surface area contributed by atoms with Gasteiger partial charge < -0.3 is 5.11 Å². The number of hydrogen-bond donors (Lipinski definition) is 1. The summed E-state index contributed by atoms with van der Waals surface area (Å²) in [5, 5.41) is 13.6. The fourth-order valence-corrected chi connectivity index (χ4v) is 2.56. The van der Waals surface area contributed by atoms with Crippen molar-refractivity contribution in [2.75, 3.05) is 6.61 Å². The van der Waals surface area contributed by atoms with Crippen molar-refractivity contribution in [3.05, 3.63) is 35.7 Å². The highest BCUT2D eigenvalue weighted by Gasteiger charge is 2.31. The van der Waals surface area contributed by atoms with Crippen LogP contribution in [0.3, 0.4) is 0 Å². The molecule has 0 spiro atoms. The van der Waals surface area contributed by atoms with E-state index in [0.29, 0.717) is 11.4 Å². The van der Waals surface area contributed by atoms with Gasteiger partial charge in [0, 0.05) is 12.0 Å². The number of aliphatic hydroxyl groups excluding tert-OH is 1. The summed E-state index contributed by atoms with van der Waals surface area (Å²) < 4.78 is 39.9. The SMILES string of the molecule is OCC1CCCc2nc(-c3cccc(C(F)(F)F)c3)nn21. The number of alkyl halides is 3. The molecule has 1 aliphatic rings. The van der Waals surface area contributed by atoms with E-state index in [4.69, 9.17) is 0 Å². The van der Waals surface area contributed by atoms with Gasteiger partial charge in [-0.3, -0.25) is 0 Å². The lowest BCUT2D eigenvalue weighted by Gasteiger charge is -2.20. The van der Waals surface area contributed by atoms with Crippen molar-refractivity contribution in [3.8, 4) is 11.4 Å². The second kappa shape index (κ2) is 5.14. The Morgan fingerprint density at radius 3 is 2.86 bits per heavy atom. The van der Waals surface area contributed by atoms with Crippen LogP contribution < -0.4 is 0 Å². The normalized spacial score (nSPS) is 18.6. The average Bonchev–Trinajstić information content (AvgIpc) is 2.90. The van der Waals surface area contributed by atoms with Crippen molar-refractivity contribution in [1.29, 1.82) is 0 Å². The average molecular weight is 297 g/mol. The molecule has 1 aromatic carbocycles. The molecule has 0 amide bonds. The van der Waals surface area contributed by atoms with Gasteiger partial charge in [0.1, 0.15) is 5.82 Å². The summed E-state index contributed by atoms with van der Waals surface area (Å²) in [5.74, 6) is 0.990. The standard InChI is InChI=1S/C14H14F3N3O/c15-14(16,17)10-4-1-3-9(7-10)13-18-12-6-2-5-11(8-21)20(12)19-13/h1,3-4,7,11,21H,2,5-6,8H2. The topological polar surface area (TPSA) is 50.9 Å². The van der Waals surface area contributed by atoms with E-state index in [2.05, 4.69) is 10.1 Å². The highest BCUT2D eigenvalue weighted by Crippen LogP contribution is 2.32. The van der Waals surface area contributed by atoms with Gasteiger partial charge in [0.25, 0.3) is 0 Å². The molecule has 0 bridgehead atoms. The first-order valence-electron chi connectivity index (χ1n) is 6.73. The molecule has 0 saturated carbocycles. The molecule has 2 heterocycles. The maximum Gasteiger partial charge on any atom is 0.416 e. The zero-order chi connectivity index (χ0) is 15.0. The van der Waals surface area contributed by atoms with E-state index in [0.717, 1.165) is 31.4 Å². The lowest BCUT2D eigenvalue weighted by molar-refractivity contribution is -0.137. The summed E-state index contributed by atoms with van der Waals surface area (Å²) in [6.45, 7) is -0.0433. The summed E-state index contributed by atoms with van der Waals surface area (Å²) >= 11 is 0. The number of fused-ring (bicyclic) bond motifs is 1. The van der Waals surface area contributed by atoms with Crippen molar-refractivity contribution in [2.24, 2.45) is 0 Å². The largest absolute Gasteiger partial charge is 0.416 e. The summed E-state index contributed by atoms with van der Waals surface area (Å²) in [5.41, 5.74) is -0.380. The molecule has 1 aromatic heterocycles. The van der Waals surface area contributed by atoms with E-state index in [1.54, 1.807) is 10.7 Å². The second-order valence-corrected chi connectivity index (χ2v) is 5.10. The molecule has 7 heteroatoms. The van der Waals surface area contributed by atoms with Crippen LogP contribution in [0, 0.1) is 0 Å². The molecule has 1 N–H and O–H groups in total. The van der Waals surface area contributed by atoms with Crippen LogP contribution in [0.15, 0.2) is 24.3 Å². The fraction of sp³-hybridized carbons (Fsp3) is 0.429. The molecule has 0 saturated heterocycles. The van der Waals surface area contributed by atoms with Gasteiger partial charge in [-0.1, -0.05) is 12.1 Å². The summed E-state index contributed by atoms with van der Waals surface area (Å²) in [6.07, 6.45) is -1.97. The Labute approximate surface area is 119 Å². The third-order valence-electron chi connectivity index (χ3n) is 3.64. The summed E-state index contributed by atoms with van der Waals surface area (Å²) in [7, 11) is 0. The molecule has 1 atom stereocenters. The molecule has 0 aliphatic carbocycles. The monoisotopic (exact) mass is 297 g/mol. The van der Waals surface area contributed by atoms with Crippen molar-refractivity contribution < 1.29 is 18.3 Å². The number of hydrogen-bond acceptors (Lipinski definition) is 3. The number of aliphatic hydroxyl groups is 1. The lowest BCUT2D eigenvalue weighted by atomic mass is 10.1. The van der Waals surface area contributed by atoms with Gasteiger partial charge in [0.2, 0.25) is 0 Å². The quantitative estimate of drug-likeness (QED) is 0.927. The van der Waals surface area contributed by atoms with E-state index in [1.165, 1.54) is 6.07 Å². The molecular formula is C14H14F3N3O. The van der Waals surface area contributed by atoms with Gasteiger partial charge in [-0.15, -0.1) is 0 Å². The van der Waals surface area contributed by atoms with Gasteiger partial charge in [0.15, 0.2) is 5.82 Å². The van der Waals surface area contributed by atoms with E-state index < -0.39 is 11.7 Å². The van der Waals surface area contributed by atoms with Crippen molar-refractivity contribution in [3.63, 3.8) is 0 Å². The van der Waals surface area contributed by atoms with Crippen LogP contribution in [0.2, 0.25) is 0 Å². The third-order valence-corrected chi connectivity index (χ3v) is 3.64. The molecule has 1 aliphatic heterocycles. The minimum atomic E-state index is -4.39. The first-order valence-corrected chi connectivity index (χ1v) is 6.73. The van der Waals surface area contributed by atoms with Gasteiger partial charge in [0.05, 0.1) is 18.2 Å². The number of benzene rings is 1. The van der Waals surface area contributed by atoms with Gasteiger partial charge in [-0.05, 0) is 25.0 Å². The lowest BCUT2D eigenvalue weighted by Crippen LogP contribution is -2.21. The predicted molar refractivity (Wildman–Crippen MR) is 69.5 cm³/mol. The number of nitrogens with zero attached hydrogens (tertiary/aromatic N) is 3. The fourth-order valence-electron chi connectivity index (χ4n) is 2.56. The van der Waals surface area contributed by atoms with E-state index >= 15 is 0 Å². The Balaban J connectivity index is 2.00. The van der Waals surface area contributed by atoms with E-state index in [-0.39, 0.29) is 18.5 Å². The number of aryl methyl sites for hydroxylation is 1. The van der Waals surface area contributed by atoms with Gasteiger partial charge in [-0.25, -0.2) is 9.67 Å². The third kappa shape index (κ3) is 2.65. The summed E-state index contributed by atoms with van der Waals surface area (Å²) in [6, 6.07) is 4.85. The first-order chi connectivity index (χ1) is 9.99. The van der Waals surface area contributed by atoms with Crippen molar-refractivity contribution in [1.82, 2.24) is 14.8 Å². The van der Waals surface area contributed by atoms with Gasteiger partial charge >= 0.3 is 6.18 Å². The predicted octanol–water partition coefficient (Wildman–Crippen LogP) is 2.83. The maximum atomic E-state index is 12.7. The highest BCUT2D eigenvalue weighted by atomic mass is 19.4. The van der Waals surface area contributed by atoms with Gasteiger partial charge in [-0.2, -0.15) is 18.3 Å². The first kappa shape index (κ1) is 14.1. The van der Waals surface area contributed by atoms with Crippen LogP contribution in [0.1, 0.15) is 30.3 Å². The summed E-state index contributed by atoms with van der Waals surface area (Å²) in [4.78, 5) is 4.32. The Bertz CT molecular complexity index is 651. The Kier molecular flexibility index (Phi) is 3.44. The smallest absolute Gasteiger partial charge is 0.394 e. The maximum absolute atomic E-state index is 12.7.